The lowest BCUT2D eigenvalue weighted by atomic mass is 10.1. The van der Waals surface area contributed by atoms with E-state index in [1.54, 1.807) is 19.9 Å². The molecule has 0 aliphatic carbocycles. The van der Waals surface area contributed by atoms with Crippen molar-refractivity contribution in [3.05, 3.63) is 33.7 Å². The SMILES string of the molecule is CCC(CC)n1cnc2c(NCc3cc(I)ccc3O)nc(NCC(C)(C)O)nc21. The maximum atomic E-state index is 10.2. The molecule has 4 N–H and O–H groups in total. The first-order valence-corrected chi connectivity index (χ1v) is 11.2. The van der Waals surface area contributed by atoms with Crippen LogP contribution in [0.5, 0.6) is 5.75 Å². The lowest BCUT2D eigenvalue weighted by Crippen LogP contribution is -2.30. The minimum atomic E-state index is -0.895. The number of phenolic OH excluding ortho intramolecular Hbond substituents is 1. The van der Waals surface area contributed by atoms with Crippen molar-refractivity contribution >= 4 is 45.5 Å². The molecule has 0 saturated heterocycles. The number of nitrogens with zero attached hydrogens (tertiary/aromatic N) is 4. The van der Waals surface area contributed by atoms with Crippen LogP contribution < -0.4 is 10.6 Å². The van der Waals surface area contributed by atoms with E-state index in [-0.39, 0.29) is 5.75 Å². The highest BCUT2D eigenvalue weighted by molar-refractivity contribution is 14.1. The van der Waals surface area contributed by atoms with E-state index in [4.69, 9.17) is 0 Å². The average molecular weight is 524 g/mol. The Morgan fingerprint density at radius 1 is 1.17 bits per heavy atom. The minimum absolute atomic E-state index is 0.233. The number of hydrogen-bond acceptors (Lipinski definition) is 7. The van der Waals surface area contributed by atoms with Crippen LogP contribution in [-0.2, 0) is 6.54 Å². The Hall–Kier alpha value is -2.14. The number of anilines is 2. The second-order valence-corrected chi connectivity index (χ2v) is 9.23. The van der Waals surface area contributed by atoms with E-state index in [9.17, 15) is 10.2 Å². The smallest absolute Gasteiger partial charge is 0.226 e. The molecule has 9 heteroatoms. The van der Waals surface area contributed by atoms with Crippen LogP contribution in [0.15, 0.2) is 24.5 Å². The fourth-order valence-corrected chi connectivity index (χ4v) is 3.79. The summed E-state index contributed by atoms with van der Waals surface area (Å²) in [7, 11) is 0. The number of rotatable bonds is 9. The van der Waals surface area contributed by atoms with Crippen molar-refractivity contribution in [3.8, 4) is 5.75 Å². The number of halogens is 1. The van der Waals surface area contributed by atoms with E-state index >= 15 is 0 Å². The molecule has 0 bridgehead atoms. The monoisotopic (exact) mass is 524 g/mol. The average Bonchev–Trinajstić information content (AvgIpc) is 3.11. The lowest BCUT2D eigenvalue weighted by molar-refractivity contribution is 0.0943. The van der Waals surface area contributed by atoms with Crippen LogP contribution in [0.25, 0.3) is 11.2 Å². The van der Waals surface area contributed by atoms with Gasteiger partial charge in [0.2, 0.25) is 5.95 Å². The standard InChI is InChI=1S/C21H29IN6O2/c1-5-15(6-2)28-12-25-17-18(23-10-13-9-14(22)7-8-16(13)29)26-20(27-19(17)28)24-11-21(3,4)30/h7-9,12,15,29-30H,5-6,10-11H2,1-4H3,(H2,23,24,26,27). The molecule has 2 aromatic heterocycles. The fourth-order valence-electron chi connectivity index (χ4n) is 3.24. The first-order chi connectivity index (χ1) is 14.2. The van der Waals surface area contributed by atoms with Gasteiger partial charge < -0.3 is 25.4 Å². The van der Waals surface area contributed by atoms with Gasteiger partial charge >= 0.3 is 0 Å². The van der Waals surface area contributed by atoms with E-state index in [0.29, 0.717) is 36.4 Å². The van der Waals surface area contributed by atoms with Crippen LogP contribution in [0.3, 0.4) is 0 Å². The molecule has 162 valence electrons. The van der Waals surface area contributed by atoms with Crippen molar-refractivity contribution in [2.75, 3.05) is 17.2 Å². The van der Waals surface area contributed by atoms with Crippen molar-refractivity contribution in [2.24, 2.45) is 0 Å². The molecule has 0 amide bonds. The zero-order chi connectivity index (χ0) is 21.9. The van der Waals surface area contributed by atoms with Gasteiger partial charge in [0.25, 0.3) is 0 Å². The highest BCUT2D eigenvalue weighted by Crippen LogP contribution is 2.27. The molecule has 0 spiro atoms. The molecule has 0 aliphatic rings. The second kappa shape index (κ2) is 9.34. The Morgan fingerprint density at radius 3 is 2.57 bits per heavy atom. The number of phenols is 1. The van der Waals surface area contributed by atoms with Crippen LogP contribution in [0.1, 0.15) is 52.1 Å². The summed E-state index contributed by atoms with van der Waals surface area (Å²) in [5.41, 5.74) is 1.31. The summed E-state index contributed by atoms with van der Waals surface area (Å²) >= 11 is 2.22. The van der Waals surface area contributed by atoms with Gasteiger partial charge in [0, 0.05) is 28.3 Å². The van der Waals surface area contributed by atoms with Gasteiger partial charge in [-0.05, 0) is 67.5 Å². The fraction of sp³-hybridized carbons (Fsp3) is 0.476. The summed E-state index contributed by atoms with van der Waals surface area (Å²) in [5, 5.41) is 26.7. The predicted octanol–water partition coefficient (Wildman–Crippen LogP) is 4.29. The molecular weight excluding hydrogens is 495 g/mol. The van der Waals surface area contributed by atoms with Gasteiger partial charge in [-0.25, -0.2) is 4.98 Å². The number of benzene rings is 1. The van der Waals surface area contributed by atoms with Gasteiger partial charge in [0.05, 0.1) is 11.9 Å². The van der Waals surface area contributed by atoms with Crippen LogP contribution in [0.2, 0.25) is 0 Å². The van der Waals surface area contributed by atoms with Crippen molar-refractivity contribution in [2.45, 2.75) is 58.7 Å². The third kappa shape index (κ3) is 5.31. The van der Waals surface area contributed by atoms with Gasteiger partial charge in [0.1, 0.15) is 5.75 Å². The van der Waals surface area contributed by atoms with Crippen molar-refractivity contribution in [1.82, 2.24) is 19.5 Å². The molecule has 0 radical (unpaired) electrons. The molecule has 8 nitrogen and oxygen atoms in total. The molecular formula is C21H29IN6O2. The van der Waals surface area contributed by atoms with Gasteiger partial charge in [0.15, 0.2) is 17.0 Å². The molecule has 0 fully saturated rings. The van der Waals surface area contributed by atoms with Crippen LogP contribution in [-0.4, -0.2) is 41.9 Å². The first-order valence-electron chi connectivity index (χ1n) is 10.1. The highest BCUT2D eigenvalue weighted by atomic mass is 127. The van der Waals surface area contributed by atoms with Gasteiger partial charge in [-0.2, -0.15) is 9.97 Å². The zero-order valence-corrected chi connectivity index (χ0v) is 19.9. The maximum Gasteiger partial charge on any atom is 0.226 e. The molecule has 2 heterocycles. The Bertz CT molecular complexity index is 1010. The summed E-state index contributed by atoms with van der Waals surface area (Å²) in [4.78, 5) is 13.8. The van der Waals surface area contributed by atoms with Crippen molar-refractivity contribution in [1.29, 1.82) is 0 Å². The van der Waals surface area contributed by atoms with Crippen LogP contribution in [0, 0.1) is 3.57 Å². The van der Waals surface area contributed by atoms with E-state index in [1.165, 1.54) is 0 Å². The number of aromatic hydroxyl groups is 1. The topological polar surface area (TPSA) is 108 Å². The lowest BCUT2D eigenvalue weighted by Gasteiger charge is -2.19. The minimum Gasteiger partial charge on any atom is -0.508 e. The number of hydrogen-bond donors (Lipinski definition) is 4. The zero-order valence-electron chi connectivity index (χ0n) is 17.8. The van der Waals surface area contributed by atoms with E-state index in [2.05, 4.69) is 66.6 Å². The third-order valence-electron chi connectivity index (χ3n) is 4.92. The Labute approximate surface area is 190 Å². The molecule has 0 atom stereocenters. The van der Waals surface area contributed by atoms with Gasteiger partial charge in [-0.1, -0.05) is 13.8 Å². The quantitative estimate of drug-likeness (QED) is 0.310. The van der Waals surface area contributed by atoms with Crippen LogP contribution >= 0.6 is 22.6 Å². The summed E-state index contributed by atoms with van der Waals surface area (Å²) in [6.45, 7) is 8.46. The third-order valence-corrected chi connectivity index (χ3v) is 5.60. The summed E-state index contributed by atoms with van der Waals surface area (Å²) in [6, 6.07) is 5.77. The maximum absolute atomic E-state index is 10.2. The van der Waals surface area contributed by atoms with Crippen LogP contribution in [0.4, 0.5) is 11.8 Å². The molecule has 0 unspecified atom stereocenters. The number of nitrogens with one attached hydrogen (secondary N) is 2. The van der Waals surface area contributed by atoms with E-state index in [0.717, 1.165) is 27.6 Å². The largest absolute Gasteiger partial charge is 0.508 e. The van der Waals surface area contributed by atoms with E-state index in [1.807, 2.05) is 18.5 Å². The number of imidazole rings is 1. The Kier molecular flexibility index (Phi) is 7.02. The van der Waals surface area contributed by atoms with Crippen molar-refractivity contribution < 1.29 is 10.2 Å². The van der Waals surface area contributed by atoms with Crippen molar-refractivity contribution in [3.63, 3.8) is 0 Å². The molecule has 3 rings (SSSR count). The normalized spacial score (nSPS) is 12.0. The predicted molar refractivity (Wildman–Crippen MR) is 128 cm³/mol. The first kappa shape index (κ1) is 22.5. The van der Waals surface area contributed by atoms with Gasteiger partial charge in [-0.15, -0.1) is 0 Å². The van der Waals surface area contributed by atoms with Gasteiger partial charge in [-0.3, -0.25) is 0 Å². The molecule has 3 aromatic rings. The molecule has 0 aliphatic heterocycles. The number of aliphatic hydroxyl groups is 1. The Morgan fingerprint density at radius 2 is 1.90 bits per heavy atom. The Balaban J connectivity index is 1.99. The highest BCUT2D eigenvalue weighted by Gasteiger charge is 2.19. The second-order valence-electron chi connectivity index (χ2n) is 7.98. The molecule has 30 heavy (non-hydrogen) atoms. The number of aromatic nitrogens is 4. The molecule has 1 aromatic carbocycles. The summed E-state index contributed by atoms with van der Waals surface area (Å²) in [6.07, 6.45) is 3.75. The number of fused-ring (bicyclic) bond motifs is 1. The van der Waals surface area contributed by atoms with E-state index < -0.39 is 5.60 Å². The summed E-state index contributed by atoms with van der Waals surface area (Å²) < 4.78 is 3.13. The molecule has 0 saturated carbocycles. The summed E-state index contributed by atoms with van der Waals surface area (Å²) in [5.74, 6) is 1.24.